The lowest BCUT2D eigenvalue weighted by atomic mass is 10.3. The normalized spacial score (nSPS) is 10.7. The second-order valence-electron chi connectivity index (χ2n) is 2.41. The Kier molecular flexibility index (Phi) is 2.45. The fourth-order valence-corrected chi connectivity index (χ4v) is 0.861. The van der Waals surface area contributed by atoms with E-state index >= 15 is 0 Å². The Morgan fingerprint density at radius 1 is 1.69 bits per heavy atom. The zero-order chi connectivity index (χ0) is 10.0. The molecule has 0 saturated carbocycles. The number of amides is 1. The van der Waals surface area contributed by atoms with Crippen molar-refractivity contribution in [2.45, 2.75) is 13.0 Å². The van der Waals surface area contributed by atoms with E-state index in [1.54, 1.807) is 0 Å². The van der Waals surface area contributed by atoms with Crippen molar-refractivity contribution in [1.82, 2.24) is 9.78 Å². The van der Waals surface area contributed by atoms with Crippen molar-refractivity contribution in [1.29, 1.82) is 0 Å². The summed E-state index contributed by atoms with van der Waals surface area (Å²) < 4.78 is 24.6. The summed E-state index contributed by atoms with van der Waals surface area (Å²) in [4.78, 5) is 10.6. The molecule has 0 fully saturated rings. The van der Waals surface area contributed by atoms with Crippen LogP contribution < -0.4 is 11.5 Å². The zero-order valence-electron chi connectivity index (χ0n) is 6.58. The van der Waals surface area contributed by atoms with E-state index in [9.17, 15) is 13.6 Å². The lowest BCUT2D eigenvalue weighted by molar-refractivity contribution is 0.0999. The van der Waals surface area contributed by atoms with Gasteiger partial charge in [0.25, 0.3) is 12.3 Å². The van der Waals surface area contributed by atoms with Gasteiger partial charge in [0, 0.05) is 6.20 Å². The maximum absolute atomic E-state index is 11.8. The van der Waals surface area contributed by atoms with Gasteiger partial charge in [-0.15, -0.1) is 0 Å². The second-order valence-corrected chi connectivity index (χ2v) is 2.41. The predicted octanol–water partition coefficient (Wildman–Crippen LogP) is -0.171. The van der Waals surface area contributed by atoms with E-state index in [0.29, 0.717) is 0 Å². The molecule has 1 aromatic rings. The van der Waals surface area contributed by atoms with Crippen molar-refractivity contribution < 1.29 is 13.6 Å². The fourth-order valence-electron chi connectivity index (χ4n) is 0.861. The van der Waals surface area contributed by atoms with E-state index in [-0.39, 0.29) is 11.4 Å². The van der Waals surface area contributed by atoms with Crippen molar-refractivity contribution in [2.24, 2.45) is 5.73 Å². The van der Waals surface area contributed by atoms with Gasteiger partial charge in [-0.05, 0) is 0 Å². The van der Waals surface area contributed by atoms with Crippen LogP contribution in [0.2, 0.25) is 0 Å². The molecule has 1 rings (SSSR count). The summed E-state index contributed by atoms with van der Waals surface area (Å²) in [7, 11) is 0. The monoisotopic (exact) mass is 190 g/mol. The average Bonchev–Trinajstić information content (AvgIpc) is 2.29. The first-order chi connectivity index (χ1) is 6.00. The number of alkyl halides is 2. The van der Waals surface area contributed by atoms with Crippen LogP contribution in [0, 0.1) is 0 Å². The topological polar surface area (TPSA) is 86.9 Å². The van der Waals surface area contributed by atoms with Crippen LogP contribution in [0.25, 0.3) is 0 Å². The van der Waals surface area contributed by atoms with Crippen LogP contribution >= 0.6 is 0 Å². The number of aromatic nitrogens is 2. The van der Waals surface area contributed by atoms with Gasteiger partial charge in [0.1, 0.15) is 12.1 Å². The molecule has 7 heteroatoms. The summed E-state index contributed by atoms with van der Waals surface area (Å²) in [5.74, 6) is -0.911. The van der Waals surface area contributed by atoms with Gasteiger partial charge in [0.2, 0.25) is 0 Å². The molecule has 0 unspecified atom stereocenters. The van der Waals surface area contributed by atoms with Crippen molar-refractivity contribution in [3.8, 4) is 0 Å². The summed E-state index contributed by atoms with van der Waals surface area (Å²) >= 11 is 0. The number of nitrogens with two attached hydrogens (primary N) is 2. The van der Waals surface area contributed by atoms with E-state index < -0.39 is 18.9 Å². The largest absolute Gasteiger partial charge is 0.382 e. The Balaban J connectivity index is 2.89. The van der Waals surface area contributed by atoms with Crippen LogP contribution in [0.5, 0.6) is 0 Å². The number of primary amides is 1. The lowest BCUT2D eigenvalue weighted by Gasteiger charge is -1.97. The summed E-state index contributed by atoms with van der Waals surface area (Å²) in [5.41, 5.74) is 10.1. The number of carbonyl (C=O) groups is 1. The van der Waals surface area contributed by atoms with Crippen LogP contribution in [-0.4, -0.2) is 22.1 Å². The maximum atomic E-state index is 11.8. The number of nitrogens with zero attached hydrogens (tertiary/aromatic N) is 2. The molecule has 0 aliphatic carbocycles. The number of carbonyl (C=O) groups excluding carboxylic acids is 1. The van der Waals surface area contributed by atoms with Gasteiger partial charge in [-0.1, -0.05) is 0 Å². The molecule has 0 radical (unpaired) electrons. The molecule has 4 N–H and O–H groups in total. The van der Waals surface area contributed by atoms with E-state index in [4.69, 9.17) is 11.5 Å². The van der Waals surface area contributed by atoms with Gasteiger partial charge in [0.05, 0.1) is 0 Å². The van der Waals surface area contributed by atoms with E-state index in [1.807, 2.05) is 0 Å². The minimum absolute atomic E-state index is 0.0411. The highest BCUT2D eigenvalue weighted by molar-refractivity contribution is 5.96. The smallest absolute Gasteiger partial charge is 0.257 e. The van der Waals surface area contributed by atoms with Gasteiger partial charge >= 0.3 is 0 Å². The van der Waals surface area contributed by atoms with E-state index in [2.05, 4.69) is 5.10 Å². The fraction of sp³-hybridized carbons (Fsp3) is 0.333. The SMILES string of the molecule is NC(=O)c1cn(CC(F)F)nc1N. The highest BCUT2D eigenvalue weighted by Crippen LogP contribution is 2.08. The predicted molar refractivity (Wildman–Crippen MR) is 41.2 cm³/mol. The number of anilines is 1. The summed E-state index contributed by atoms with van der Waals surface area (Å²) in [5, 5.41) is 3.49. The molecule has 1 heterocycles. The molecule has 0 saturated heterocycles. The first-order valence-electron chi connectivity index (χ1n) is 3.41. The van der Waals surface area contributed by atoms with Crippen molar-refractivity contribution in [3.05, 3.63) is 11.8 Å². The molecule has 1 amide bonds. The highest BCUT2D eigenvalue weighted by Gasteiger charge is 2.12. The zero-order valence-corrected chi connectivity index (χ0v) is 6.58. The molecule has 0 spiro atoms. The summed E-state index contributed by atoms with van der Waals surface area (Å²) in [6.45, 7) is -0.600. The van der Waals surface area contributed by atoms with Crippen molar-refractivity contribution in [3.63, 3.8) is 0 Å². The van der Waals surface area contributed by atoms with Crippen LogP contribution in [0.3, 0.4) is 0 Å². The molecule has 0 aliphatic heterocycles. The lowest BCUT2D eigenvalue weighted by Crippen LogP contribution is -2.12. The van der Waals surface area contributed by atoms with Crippen LogP contribution in [0.1, 0.15) is 10.4 Å². The average molecular weight is 190 g/mol. The molecule has 72 valence electrons. The minimum atomic E-state index is -2.54. The molecule has 13 heavy (non-hydrogen) atoms. The molecule has 5 nitrogen and oxygen atoms in total. The quantitative estimate of drug-likeness (QED) is 0.693. The van der Waals surface area contributed by atoms with E-state index in [1.165, 1.54) is 0 Å². The van der Waals surface area contributed by atoms with Gasteiger partial charge in [0.15, 0.2) is 5.82 Å². The van der Waals surface area contributed by atoms with Crippen LogP contribution in [-0.2, 0) is 6.54 Å². The van der Waals surface area contributed by atoms with Gasteiger partial charge in [-0.25, -0.2) is 8.78 Å². The number of hydrogen-bond acceptors (Lipinski definition) is 3. The first kappa shape index (κ1) is 9.43. The van der Waals surface area contributed by atoms with Gasteiger partial charge < -0.3 is 11.5 Å². The minimum Gasteiger partial charge on any atom is -0.382 e. The maximum Gasteiger partial charge on any atom is 0.257 e. The van der Waals surface area contributed by atoms with Crippen molar-refractivity contribution >= 4 is 11.7 Å². The molecular formula is C6H8F2N4O. The highest BCUT2D eigenvalue weighted by atomic mass is 19.3. The number of rotatable bonds is 3. The molecule has 1 aromatic heterocycles. The molecule has 0 aliphatic rings. The standard InChI is InChI=1S/C6H8F2N4O/c7-4(8)2-12-1-3(6(10)13)5(9)11-12/h1,4H,2H2,(H2,9,11)(H2,10,13). The Labute approximate surface area is 72.3 Å². The Morgan fingerprint density at radius 3 is 2.69 bits per heavy atom. The molecule has 0 bridgehead atoms. The van der Waals surface area contributed by atoms with E-state index in [0.717, 1.165) is 10.9 Å². The van der Waals surface area contributed by atoms with Gasteiger partial charge in [-0.3, -0.25) is 9.48 Å². The number of hydrogen-bond donors (Lipinski definition) is 2. The second kappa shape index (κ2) is 3.38. The van der Waals surface area contributed by atoms with Crippen LogP contribution in [0.15, 0.2) is 6.20 Å². The Morgan fingerprint density at radius 2 is 2.31 bits per heavy atom. The van der Waals surface area contributed by atoms with Crippen LogP contribution in [0.4, 0.5) is 14.6 Å². The summed E-state index contributed by atoms with van der Waals surface area (Å²) in [6, 6.07) is 0. The number of nitrogen functional groups attached to an aromatic ring is 1. The Hall–Kier alpha value is -1.66. The Bertz CT molecular complexity index is 322. The van der Waals surface area contributed by atoms with Crippen molar-refractivity contribution in [2.75, 3.05) is 5.73 Å². The molecular weight excluding hydrogens is 182 g/mol. The summed E-state index contributed by atoms with van der Waals surface area (Å²) in [6.07, 6.45) is -1.44. The molecule has 0 atom stereocenters. The third kappa shape index (κ3) is 2.14. The third-order valence-electron chi connectivity index (χ3n) is 1.38. The first-order valence-corrected chi connectivity index (χ1v) is 3.41. The number of halogens is 2. The molecule has 0 aromatic carbocycles. The van der Waals surface area contributed by atoms with Gasteiger partial charge in [-0.2, -0.15) is 5.10 Å². The third-order valence-corrected chi connectivity index (χ3v) is 1.38.